The Balaban J connectivity index is 1.98. The fraction of sp³-hybridized carbons (Fsp3) is 0.533. The molecule has 108 valence electrons. The van der Waals surface area contributed by atoms with Crippen molar-refractivity contribution in [2.75, 3.05) is 5.73 Å². The SMILES string of the molecule is CC1CCCCC1Cn1c(N)nc2cc(Cl)c(Cl)cc21. The lowest BCUT2D eigenvalue weighted by molar-refractivity contribution is 0.231. The van der Waals surface area contributed by atoms with E-state index < -0.39 is 0 Å². The quantitative estimate of drug-likeness (QED) is 0.869. The van der Waals surface area contributed by atoms with E-state index in [1.54, 1.807) is 6.07 Å². The highest BCUT2D eigenvalue weighted by Gasteiger charge is 2.23. The van der Waals surface area contributed by atoms with Gasteiger partial charge in [0.15, 0.2) is 0 Å². The van der Waals surface area contributed by atoms with Crippen LogP contribution in [0.5, 0.6) is 0 Å². The van der Waals surface area contributed by atoms with Gasteiger partial charge in [-0.25, -0.2) is 4.98 Å². The fourth-order valence-corrected chi connectivity index (χ4v) is 3.55. The number of fused-ring (bicyclic) bond motifs is 1. The Hall–Kier alpha value is -0.930. The predicted octanol–water partition coefficient (Wildman–Crippen LogP) is 4.75. The van der Waals surface area contributed by atoms with Crippen LogP contribution in [0.15, 0.2) is 12.1 Å². The van der Waals surface area contributed by atoms with Gasteiger partial charge >= 0.3 is 0 Å². The van der Waals surface area contributed by atoms with E-state index >= 15 is 0 Å². The first kappa shape index (κ1) is 14.0. The molecule has 1 aromatic heterocycles. The number of aromatic nitrogens is 2. The maximum Gasteiger partial charge on any atom is 0.201 e. The summed E-state index contributed by atoms with van der Waals surface area (Å²) in [5.41, 5.74) is 7.88. The number of nitrogens with two attached hydrogens (primary N) is 1. The Labute approximate surface area is 129 Å². The zero-order chi connectivity index (χ0) is 14.3. The Morgan fingerprint density at radius 2 is 1.95 bits per heavy atom. The van der Waals surface area contributed by atoms with Crippen molar-refractivity contribution in [1.29, 1.82) is 0 Å². The number of hydrogen-bond acceptors (Lipinski definition) is 2. The van der Waals surface area contributed by atoms with E-state index in [2.05, 4.69) is 16.5 Å². The van der Waals surface area contributed by atoms with Gasteiger partial charge in [-0.1, -0.05) is 49.4 Å². The van der Waals surface area contributed by atoms with Crippen LogP contribution in [0.25, 0.3) is 11.0 Å². The van der Waals surface area contributed by atoms with Crippen LogP contribution in [0, 0.1) is 11.8 Å². The van der Waals surface area contributed by atoms with Crippen LogP contribution in [0.2, 0.25) is 10.0 Å². The molecule has 2 atom stereocenters. The van der Waals surface area contributed by atoms with Crippen molar-refractivity contribution in [3.63, 3.8) is 0 Å². The average molecular weight is 312 g/mol. The van der Waals surface area contributed by atoms with Crippen molar-refractivity contribution < 1.29 is 0 Å². The van der Waals surface area contributed by atoms with Gasteiger partial charge in [-0.2, -0.15) is 0 Å². The van der Waals surface area contributed by atoms with E-state index in [1.807, 2.05) is 6.07 Å². The third-order valence-electron chi connectivity index (χ3n) is 4.53. The Morgan fingerprint density at radius 1 is 1.25 bits per heavy atom. The average Bonchev–Trinajstić information content (AvgIpc) is 2.69. The summed E-state index contributed by atoms with van der Waals surface area (Å²) in [5.74, 6) is 1.96. The Morgan fingerprint density at radius 3 is 2.70 bits per heavy atom. The molecule has 1 aromatic carbocycles. The second-order valence-electron chi connectivity index (χ2n) is 5.86. The zero-order valence-electron chi connectivity index (χ0n) is 11.6. The van der Waals surface area contributed by atoms with Gasteiger partial charge in [-0.05, 0) is 30.4 Å². The van der Waals surface area contributed by atoms with Crippen molar-refractivity contribution in [2.45, 2.75) is 39.2 Å². The first-order valence-electron chi connectivity index (χ1n) is 7.17. The molecular weight excluding hydrogens is 293 g/mol. The molecule has 1 aliphatic carbocycles. The normalized spacial score (nSPS) is 23.4. The lowest BCUT2D eigenvalue weighted by Gasteiger charge is -2.29. The number of hydrogen-bond donors (Lipinski definition) is 1. The molecule has 0 radical (unpaired) electrons. The topological polar surface area (TPSA) is 43.8 Å². The van der Waals surface area contributed by atoms with Gasteiger partial charge in [0.05, 0.1) is 21.1 Å². The molecule has 1 saturated carbocycles. The first-order valence-corrected chi connectivity index (χ1v) is 7.92. The van der Waals surface area contributed by atoms with Gasteiger partial charge in [0.1, 0.15) is 0 Å². The van der Waals surface area contributed by atoms with Crippen LogP contribution in [-0.4, -0.2) is 9.55 Å². The predicted molar refractivity (Wildman–Crippen MR) is 85.3 cm³/mol. The summed E-state index contributed by atoms with van der Waals surface area (Å²) in [6.45, 7) is 3.25. The summed E-state index contributed by atoms with van der Waals surface area (Å²) in [6.07, 6.45) is 5.23. The molecule has 2 unspecified atom stereocenters. The number of imidazole rings is 1. The van der Waals surface area contributed by atoms with E-state index in [-0.39, 0.29) is 0 Å². The van der Waals surface area contributed by atoms with Crippen LogP contribution in [-0.2, 0) is 6.54 Å². The van der Waals surface area contributed by atoms with E-state index in [9.17, 15) is 0 Å². The molecule has 0 saturated heterocycles. The van der Waals surface area contributed by atoms with Gasteiger partial charge in [0, 0.05) is 6.54 Å². The molecule has 0 aliphatic heterocycles. The first-order chi connectivity index (χ1) is 9.56. The van der Waals surface area contributed by atoms with Crippen molar-refractivity contribution in [3.05, 3.63) is 22.2 Å². The summed E-state index contributed by atoms with van der Waals surface area (Å²) < 4.78 is 2.09. The van der Waals surface area contributed by atoms with E-state index in [4.69, 9.17) is 28.9 Å². The lowest BCUT2D eigenvalue weighted by atomic mass is 9.80. The fourth-order valence-electron chi connectivity index (χ4n) is 3.23. The standard InChI is InChI=1S/C15H19Cl2N3/c1-9-4-2-3-5-10(9)8-20-14-7-12(17)11(16)6-13(14)19-15(20)18/h6-7,9-10H,2-5,8H2,1H3,(H2,18,19). The summed E-state index contributed by atoms with van der Waals surface area (Å²) in [7, 11) is 0. The van der Waals surface area contributed by atoms with E-state index in [1.165, 1.54) is 25.7 Å². The molecule has 3 nitrogen and oxygen atoms in total. The number of benzene rings is 1. The summed E-state index contributed by atoms with van der Waals surface area (Å²) >= 11 is 12.2. The second-order valence-corrected chi connectivity index (χ2v) is 6.67. The molecule has 20 heavy (non-hydrogen) atoms. The molecule has 5 heteroatoms. The maximum absolute atomic E-state index is 6.13. The highest BCUT2D eigenvalue weighted by Crippen LogP contribution is 2.34. The molecular formula is C15H19Cl2N3. The smallest absolute Gasteiger partial charge is 0.201 e. The monoisotopic (exact) mass is 311 g/mol. The van der Waals surface area contributed by atoms with Gasteiger partial charge < -0.3 is 10.3 Å². The minimum Gasteiger partial charge on any atom is -0.369 e. The molecule has 1 heterocycles. The second kappa shape index (κ2) is 5.45. The van der Waals surface area contributed by atoms with E-state index in [0.29, 0.717) is 21.9 Å². The minimum atomic E-state index is 0.523. The number of rotatable bonds is 2. The number of nitrogen functional groups attached to an aromatic ring is 1. The molecule has 2 aromatic rings. The molecule has 0 bridgehead atoms. The van der Waals surface area contributed by atoms with Crippen molar-refractivity contribution in [1.82, 2.24) is 9.55 Å². The summed E-state index contributed by atoms with van der Waals surface area (Å²) in [6, 6.07) is 3.66. The molecule has 3 rings (SSSR count). The largest absolute Gasteiger partial charge is 0.369 e. The third-order valence-corrected chi connectivity index (χ3v) is 5.25. The van der Waals surface area contributed by atoms with Gasteiger partial charge in [-0.3, -0.25) is 0 Å². The molecule has 1 aliphatic rings. The number of halogens is 2. The van der Waals surface area contributed by atoms with Gasteiger partial charge in [-0.15, -0.1) is 0 Å². The van der Waals surface area contributed by atoms with Crippen LogP contribution in [0.1, 0.15) is 32.6 Å². The molecule has 1 fully saturated rings. The molecule has 0 amide bonds. The summed E-state index contributed by atoms with van der Waals surface area (Å²) in [4.78, 5) is 4.40. The van der Waals surface area contributed by atoms with Crippen molar-refractivity contribution in [3.8, 4) is 0 Å². The summed E-state index contributed by atoms with van der Waals surface area (Å²) in [5, 5.41) is 1.08. The van der Waals surface area contributed by atoms with Gasteiger partial charge in [0.2, 0.25) is 5.95 Å². The minimum absolute atomic E-state index is 0.523. The van der Waals surface area contributed by atoms with Crippen molar-refractivity contribution in [2.24, 2.45) is 11.8 Å². The Kier molecular flexibility index (Phi) is 3.83. The lowest BCUT2D eigenvalue weighted by Crippen LogP contribution is -2.22. The third kappa shape index (κ3) is 2.49. The highest BCUT2D eigenvalue weighted by molar-refractivity contribution is 6.42. The van der Waals surface area contributed by atoms with Crippen molar-refractivity contribution >= 4 is 40.2 Å². The van der Waals surface area contributed by atoms with Crippen LogP contribution >= 0.6 is 23.2 Å². The molecule has 0 spiro atoms. The van der Waals surface area contributed by atoms with Crippen LogP contribution in [0.4, 0.5) is 5.95 Å². The van der Waals surface area contributed by atoms with Crippen LogP contribution < -0.4 is 5.73 Å². The zero-order valence-corrected chi connectivity index (χ0v) is 13.1. The van der Waals surface area contributed by atoms with Crippen LogP contribution in [0.3, 0.4) is 0 Å². The number of nitrogens with zero attached hydrogens (tertiary/aromatic N) is 2. The van der Waals surface area contributed by atoms with E-state index in [0.717, 1.165) is 23.5 Å². The highest BCUT2D eigenvalue weighted by atomic mass is 35.5. The Bertz CT molecular complexity index is 636. The number of anilines is 1. The maximum atomic E-state index is 6.13. The molecule has 2 N–H and O–H groups in total. The van der Waals surface area contributed by atoms with Gasteiger partial charge in [0.25, 0.3) is 0 Å².